The van der Waals surface area contributed by atoms with Crippen molar-refractivity contribution >= 4 is 22.2 Å². The Morgan fingerprint density at radius 1 is 1.23 bits per heavy atom. The molecule has 0 heterocycles. The molecule has 3 rings (SSSR count). The highest BCUT2D eigenvalue weighted by molar-refractivity contribution is 9.10. The molecule has 0 N–H and O–H groups in total. The van der Waals surface area contributed by atoms with Crippen LogP contribution in [0.4, 0.5) is 4.39 Å². The van der Waals surface area contributed by atoms with E-state index in [9.17, 15) is 9.18 Å². The van der Waals surface area contributed by atoms with E-state index in [4.69, 9.17) is 4.74 Å². The number of hydrogen-bond donors (Lipinski definition) is 0. The average molecular weight is 363 g/mol. The summed E-state index contributed by atoms with van der Waals surface area (Å²) in [6.07, 6.45) is 3.42. The fourth-order valence-corrected chi connectivity index (χ4v) is 3.10. The van der Waals surface area contributed by atoms with Crippen LogP contribution in [0.2, 0.25) is 0 Å². The summed E-state index contributed by atoms with van der Waals surface area (Å²) in [7, 11) is 0. The molecule has 0 unspecified atom stereocenters. The molecule has 114 valence electrons. The standard InChI is InChI=1S/C18H16BrFO2/c19-15-10-17(22-11-13-5-2-1-3-6-13)14(9-16(15)20)18(12-21)7-4-8-18/h1-3,5-6,9-10,12H,4,7-8,11H2. The molecule has 0 radical (unpaired) electrons. The van der Waals surface area contributed by atoms with Gasteiger partial charge in [0.05, 0.1) is 9.89 Å². The zero-order valence-corrected chi connectivity index (χ0v) is 13.6. The Morgan fingerprint density at radius 3 is 2.55 bits per heavy atom. The molecule has 4 heteroatoms. The Labute approximate surface area is 137 Å². The fraction of sp³-hybridized carbons (Fsp3) is 0.278. The molecule has 0 aromatic heterocycles. The summed E-state index contributed by atoms with van der Waals surface area (Å²) in [5, 5.41) is 0. The van der Waals surface area contributed by atoms with Gasteiger partial charge in [0.2, 0.25) is 0 Å². The first kappa shape index (κ1) is 15.2. The van der Waals surface area contributed by atoms with E-state index in [0.717, 1.165) is 31.1 Å². The summed E-state index contributed by atoms with van der Waals surface area (Å²) in [6.45, 7) is 0.390. The first-order chi connectivity index (χ1) is 10.6. The zero-order chi connectivity index (χ0) is 15.6. The summed E-state index contributed by atoms with van der Waals surface area (Å²) in [5.41, 5.74) is 1.10. The highest BCUT2D eigenvalue weighted by Gasteiger charge is 2.41. The number of halogens is 2. The van der Waals surface area contributed by atoms with Gasteiger partial charge in [0.25, 0.3) is 0 Å². The molecule has 0 bridgehead atoms. The van der Waals surface area contributed by atoms with Crippen molar-refractivity contribution in [2.24, 2.45) is 0 Å². The minimum absolute atomic E-state index is 0.347. The second-order valence-electron chi connectivity index (χ2n) is 5.66. The normalized spacial score (nSPS) is 15.9. The molecule has 2 nitrogen and oxygen atoms in total. The number of aldehydes is 1. The molecule has 0 amide bonds. The van der Waals surface area contributed by atoms with E-state index >= 15 is 0 Å². The summed E-state index contributed by atoms with van der Waals surface area (Å²) >= 11 is 3.19. The lowest BCUT2D eigenvalue weighted by Crippen LogP contribution is -2.36. The first-order valence-corrected chi connectivity index (χ1v) is 8.06. The molecule has 22 heavy (non-hydrogen) atoms. The Hall–Kier alpha value is -1.68. The van der Waals surface area contributed by atoms with Crippen LogP contribution in [0.25, 0.3) is 0 Å². The van der Waals surface area contributed by atoms with Gasteiger partial charge >= 0.3 is 0 Å². The number of ether oxygens (including phenoxy) is 1. The molecular weight excluding hydrogens is 347 g/mol. The highest BCUT2D eigenvalue weighted by Crippen LogP contribution is 2.46. The van der Waals surface area contributed by atoms with Crippen molar-refractivity contribution < 1.29 is 13.9 Å². The number of rotatable bonds is 5. The minimum atomic E-state index is -0.590. The van der Waals surface area contributed by atoms with Crippen molar-refractivity contribution in [3.8, 4) is 5.75 Å². The molecule has 0 saturated heterocycles. The summed E-state index contributed by atoms with van der Waals surface area (Å²) in [5.74, 6) is 0.208. The van der Waals surface area contributed by atoms with Crippen LogP contribution in [0.15, 0.2) is 46.9 Å². The predicted octanol–water partition coefficient (Wildman–Crippen LogP) is 4.79. The van der Waals surface area contributed by atoms with Crippen molar-refractivity contribution in [1.82, 2.24) is 0 Å². The van der Waals surface area contributed by atoms with Crippen LogP contribution in [0.3, 0.4) is 0 Å². The summed E-state index contributed by atoms with van der Waals surface area (Å²) in [4.78, 5) is 11.5. The van der Waals surface area contributed by atoms with Crippen LogP contribution >= 0.6 is 15.9 Å². The molecule has 0 spiro atoms. The lowest BCUT2D eigenvalue weighted by Gasteiger charge is -2.38. The first-order valence-electron chi connectivity index (χ1n) is 7.27. The van der Waals surface area contributed by atoms with E-state index in [0.29, 0.717) is 22.4 Å². The maximum atomic E-state index is 13.9. The van der Waals surface area contributed by atoms with E-state index in [2.05, 4.69) is 15.9 Å². The van der Waals surface area contributed by atoms with Crippen LogP contribution in [-0.4, -0.2) is 6.29 Å². The number of carbonyl (C=O) groups excluding carboxylic acids is 1. The molecular formula is C18H16BrFO2. The Morgan fingerprint density at radius 2 is 1.95 bits per heavy atom. The topological polar surface area (TPSA) is 26.3 Å². The van der Waals surface area contributed by atoms with E-state index in [-0.39, 0.29) is 5.82 Å². The SMILES string of the molecule is O=CC1(c2cc(F)c(Br)cc2OCc2ccccc2)CCC1. The molecule has 1 aliphatic carbocycles. The second-order valence-corrected chi connectivity index (χ2v) is 6.52. The third-order valence-corrected chi connectivity index (χ3v) is 4.88. The van der Waals surface area contributed by atoms with Gasteiger partial charge < -0.3 is 9.53 Å². The van der Waals surface area contributed by atoms with Crippen LogP contribution < -0.4 is 4.74 Å². The molecule has 1 saturated carbocycles. The maximum absolute atomic E-state index is 13.9. The van der Waals surface area contributed by atoms with Crippen LogP contribution in [0.1, 0.15) is 30.4 Å². The van der Waals surface area contributed by atoms with Crippen molar-refractivity contribution in [3.05, 3.63) is 63.9 Å². The Bertz CT molecular complexity index is 681. The van der Waals surface area contributed by atoms with Gasteiger partial charge in [0.15, 0.2) is 0 Å². The van der Waals surface area contributed by atoms with Gasteiger partial charge in [0, 0.05) is 5.56 Å². The monoisotopic (exact) mass is 362 g/mol. The van der Waals surface area contributed by atoms with Gasteiger partial charge in [-0.2, -0.15) is 0 Å². The third kappa shape index (κ3) is 2.80. The van der Waals surface area contributed by atoms with Crippen LogP contribution in [-0.2, 0) is 16.8 Å². The average Bonchev–Trinajstić information content (AvgIpc) is 2.49. The van der Waals surface area contributed by atoms with E-state index in [1.54, 1.807) is 6.07 Å². The molecule has 1 aliphatic rings. The van der Waals surface area contributed by atoms with Gasteiger partial charge in [0.1, 0.15) is 24.5 Å². The third-order valence-electron chi connectivity index (χ3n) is 4.27. The number of carbonyl (C=O) groups is 1. The van der Waals surface area contributed by atoms with Gasteiger partial charge in [-0.25, -0.2) is 4.39 Å². The lowest BCUT2D eigenvalue weighted by atomic mass is 9.65. The largest absolute Gasteiger partial charge is 0.489 e. The maximum Gasteiger partial charge on any atom is 0.137 e. The second kappa shape index (κ2) is 6.21. The van der Waals surface area contributed by atoms with E-state index < -0.39 is 5.41 Å². The molecule has 2 aromatic carbocycles. The summed E-state index contributed by atoms with van der Waals surface area (Å²) < 4.78 is 20.2. The van der Waals surface area contributed by atoms with Crippen molar-refractivity contribution in [1.29, 1.82) is 0 Å². The lowest BCUT2D eigenvalue weighted by molar-refractivity contribution is -0.115. The van der Waals surface area contributed by atoms with Gasteiger partial charge in [-0.05, 0) is 46.5 Å². The summed E-state index contributed by atoms with van der Waals surface area (Å²) in [6, 6.07) is 12.8. The molecule has 0 aliphatic heterocycles. The minimum Gasteiger partial charge on any atom is -0.489 e. The smallest absolute Gasteiger partial charge is 0.137 e. The van der Waals surface area contributed by atoms with Gasteiger partial charge in [-0.1, -0.05) is 36.8 Å². The predicted molar refractivity (Wildman–Crippen MR) is 86.5 cm³/mol. The highest BCUT2D eigenvalue weighted by atomic mass is 79.9. The van der Waals surface area contributed by atoms with Crippen LogP contribution in [0.5, 0.6) is 5.75 Å². The molecule has 0 atom stereocenters. The van der Waals surface area contributed by atoms with E-state index in [1.165, 1.54) is 6.07 Å². The zero-order valence-electron chi connectivity index (χ0n) is 12.0. The molecule has 2 aromatic rings. The quantitative estimate of drug-likeness (QED) is 0.714. The Balaban J connectivity index is 1.92. The Kier molecular flexibility index (Phi) is 4.30. The number of benzene rings is 2. The van der Waals surface area contributed by atoms with Crippen LogP contribution in [0, 0.1) is 5.82 Å². The van der Waals surface area contributed by atoms with Gasteiger partial charge in [-0.15, -0.1) is 0 Å². The fourth-order valence-electron chi connectivity index (χ4n) is 2.78. The van der Waals surface area contributed by atoms with Crippen molar-refractivity contribution in [2.45, 2.75) is 31.3 Å². The molecule has 1 fully saturated rings. The van der Waals surface area contributed by atoms with Gasteiger partial charge in [-0.3, -0.25) is 0 Å². The number of hydrogen-bond acceptors (Lipinski definition) is 2. The van der Waals surface area contributed by atoms with Crippen molar-refractivity contribution in [3.63, 3.8) is 0 Å². The van der Waals surface area contributed by atoms with E-state index in [1.807, 2.05) is 30.3 Å². The van der Waals surface area contributed by atoms with Crippen molar-refractivity contribution in [2.75, 3.05) is 0 Å².